The normalized spacial score (nSPS) is 24.6. The number of morpholine rings is 1. The molecule has 9 nitrogen and oxygen atoms in total. The lowest BCUT2D eigenvalue weighted by Gasteiger charge is -2.39. The van der Waals surface area contributed by atoms with Gasteiger partial charge in [-0.25, -0.2) is 0 Å². The van der Waals surface area contributed by atoms with Gasteiger partial charge >= 0.3 is 0 Å². The first-order chi connectivity index (χ1) is 15.8. The Morgan fingerprint density at radius 1 is 0.970 bits per heavy atom. The summed E-state index contributed by atoms with van der Waals surface area (Å²) in [5.41, 5.74) is 1.10. The number of carbonyl (C=O) groups excluding carboxylic acids is 2. The SMILES string of the molecule is CC1CN(C(=O)C2CCN(C(=O)c3cc([N+](=O)[O-])ccc3N3CCCCC3)CC2)CC(C)O1. The van der Waals surface area contributed by atoms with Crippen molar-refractivity contribution >= 4 is 23.2 Å². The van der Waals surface area contributed by atoms with Gasteiger partial charge in [0.15, 0.2) is 0 Å². The quantitative estimate of drug-likeness (QED) is 0.508. The second-order valence-corrected chi connectivity index (χ2v) is 9.57. The van der Waals surface area contributed by atoms with Gasteiger partial charge < -0.3 is 19.4 Å². The molecule has 1 aromatic carbocycles. The molecule has 33 heavy (non-hydrogen) atoms. The number of piperidine rings is 2. The van der Waals surface area contributed by atoms with Crippen molar-refractivity contribution in [3.8, 4) is 0 Å². The summed E-state index contributed by atoms with van der Waals surface area (Å²) in [5.74, 6) is -0.134. The number of likely N-dealkylation sites (tertiary alicyclic amines) is 1. The first-order valence-electron chi connectivity index (χ1n) is 12.1. The fourth-order valence-corrected chi connectivity index (χ4v) is 5.34. The van der Waals surface area contributed by atoms with Crippen molar-refractivity contribution in [1.82, 2.24) is 9.80 Å². The number of rotatable bonds is 4. The molecule has 2 atom stereocenters. The highest BCUT2D eigenvalue weighted by Gasteiger charge is 2.34. The molecule has 0 aliphatic carbocycles. The zero-order valence-electron chi connectivity index (χ0n) is 19.6. The zero-order chi connectivity index (χ0) is 23.5. The summed E-state index contributed by atoms with van der Waals surface area (Å²) in [4.78, 5) is 43.3. The maximum atomic E-state index is 13.5. The highest BCUT2D eigenvalue weighted by atomic mass is 16.6. The minimum Gasteiger partial charge on any atom is -0.372 e. The molecule has 9 heteroatoms. The van der Waals surface area contributed by atoms with Crippen molar-refractivity contribution in [2.45, 2.75) is 58.2 Å². The van der Waals surface area contributed by atoms with Crippen LogP contribution in [-0.2, 0) is 9.53 Å². The molecular formula is C24H34N4O5. The van der Waals surface area contributed by atoms with E-state index >= 15 is 0 Å². The summed E-state index contributed by atoms with van der Waals surface area (Å²) in [7, 11) is 0. The average molecular weight is 459 g/mol. The van der Waals surface area contributed by atoms with E-state index in [4.69, 9.17) is 4.74 Å². The van der Waals surface area contributed by atoms with Gasteiger partial charge in [0.1, 0.15) is 0 Å². The van der Waals surface area contributed by atoms with E-state index in [1.54, 1.807) is 11.0 Å². The molecule has 0 radical (unpaired) electrons. The van der Waals surface area contributed by atoms with Crippen molar-refractivity contribution in [2.24, 2.45) is 5.92 Å². The van der Waals surface area contributed by atoms with Gasteiger partial charge in [-0.2, -0.15) is 0 Å². The third-order valence-electron chi connectivity index (χ3n) is 6.98. The number of benzene rings is 1. The Hall–Kier alpha value is -2.68. The Kier molecular flexibility index (Phi) is 7.17. The highest BCUT2D eigenvalue weighted by Crippen LogP contribution is 2.31. The van der Waals surface area contributed by atoms with Crippen LogP contribution in [0.5, 0.6) is 0 Å². The summed E-state index contributed by atoms with van der Waals surface area (Å²) >= 11 is 0. The lowest BCUT2D eigenvalue weighted by atomic mass is 9.94. The van der Waals surface area contributed by atoms with Gasteiger partial charge in [0, 0.05) is 57.3 Å². The minimum atomic E-state index is -0.452. The predicted octanol–water partition coefficient (Wildman–Crippen LogP) is 3.07. The number of hydrogen-bond acceptors (Lipinski definition) is 6. The molecule has 0 aromatic heterocycles. The fraction of sp³-hybridized carbons (Fsp3) is 0.667. The number of carbonyl (C=O) groups is 2. The van der Waals surface area contributed by atoms with E-state index in [1.807, 2.05) is 18.7 Å². The summed E-state index contributed by atoms with van der Waals surface area (Å²) in [5, 5.41) is 11.4. The molecule has 3 aliphatic heterocycles. The number of anilines is 1. The van der Waals surface area contributed by atoms with Gasteiger partial charge in [-0.1, -0.05) is 0 Å². The molecule has 3 saturated heterocycles. The molecule has 1 aromatic rings. The van der Waals surface area contributed by atoms with Crippen LogP contribution in [0, 0.1) is 16.0 Å². The van der Waals surface area contributed by atoms with Gasteiger partial charge in [-0.3, -0.25) is 19.7 Å². The smallest absolute Gasteiger partial charge is 0.270 e. The maximum absolute atomic E-state index is 13.5. The van der Waals surface area contributed by atoms with Gasteiger partial charge in [0.05, 0.1) is 28.4 Å². The van der Waals surface area contributed by atoms with Crippen molar-refractivity contribution in [3.63, 3.8) is 0 Å². The standard InChI is InChI=1S/C24H34N4O5/c1-17-15-27(16-18(2)33-17)23(29)19-8-12-26(13-9-19)24(30)21-14-20(28(31)32)6-7-22(21)25-10-4-3-5-11-25/h6-7,14,17-19H,3-5,8-13,15-16H2,1-2H3. The van der Waals surface area contributed by atoms with Crippen LogP contribution < -0.4 is 4.90 Å². The number of nitro benzene ring substituents is 1. The summed E-state index contributed by atoms with van der Waals surface area (Å²) in [6.45, 7) is 7.84. The van der Waals surface area contributed by atoms with E-state index in [0.29, 0.717) is 44.6 Å². The molecule has 3 fully saturated rings. The van der Waals surface area contributed by atoms with E-state index in [2.05, 4.69) is 4.90 Å². The van der Waals surface area contributed by atoms with Crippen molar-refractivity contribution < 1.29 is 19.2 Å². The molecule has 3 heterocycles. The fourth-order valence-electron chi connectivity index (χ4n) is 5.34. The van der Waals surface area contributed by atoms with Crippen LogP contribution in [0.2, 0.25) is 0 Å². The van der Waals surface area contributed by atoms with E-state index in [1.165, 1.54) is 12.1 Å². The van der Waals surface area contributed by atoms with Crippen molar-refractivity contribution in [3.05, 3.63) is 33.9 Å². The lowest BCUT2D eigenvalue weighted by molar-refractivity contribution is -0.384. The van der Waals surface area contributed by atoms with E-state index in [-0.39, 0.29) is 35.6 Å². The Balaban J connectivity index is 1.45. The van der Waals surface area contributed by atoms with Gasteiger partial charge in [-0.05, 0) is 52.0 Å². The number of nitrogens with zero attached hydrogens (tertiary/aromatic N) is 4. The number of non-ortho nitro benzene ring substituents is 1. The van der Waals surface area contributed by atoms with Gasteiger partial charge in [0.2, 0.25) is 5.91 Å². The Labute approximate surface area is 194 Å². The molecule has 4 rings (SSSR count). The van der Waals surface area contributed by atoms with Crippen LogP contribution in [0.3, 0.4) is 0 Å². The summed E-state index contributed by atoms with van der Waals surface area (Å²) < 4.78 is 5.74. The molecule has 0 saturated carbocycles. The first-order valence-corrected chi connectivity index (χ1v) is 12.1. The van der Waals surface area contributed by atoms with Crippen molar-refractivity contribution in [1.29, 1.82) is 0 Å². The summed E-state index contributed by atoms with van der Waals surface area (Å²) in [6.07, 6.45) is 4.54. The molecule has 2 amide bonds. The third-order valence-corrected chi connectivity index (χ3v) is 6.98. The van der Waals surface area contributed by atoms with Gasteiger partial charge in [-0.15, -0.1) is 0 Å². The highest BCUT2D eigenvalue weighted by molar-refractivity contribution is 6.00. The minimum absolute atomic E-state index is 0.0291. The molecule has 3 aliphatic rings. The van der Waals surface area contributed by atoms with E-state index in [0.717, 1.165) is 38.0 Å². The average Bonchev–Trinajstić information content (AvgIpc) is 2.82. The largest absolute Gasteiger partial charge is 0.372 e. The van der Waals surface area contributed by atoms with E-state index in [9.17, 15) is 19.7 Å². The number of nitro groups is 1. The molecule has 0 bridgehead atoms. The molecule has 0 N–H and O–H groups in total. The van der Waals surface area contributed by atoms with Crippen LogP contribution in [-0.4, -0.2) is 78.0 Å². The van der Waals surface area contributed by atoms with Crippen LogP contribution in [0.15, 0.2) is 18.2 Å². The zero-order valence-corrected chi connectivity index (χ0v) is 19.6. The van der Waals surface area contributed by atoms with E-state index < -0.39 is 4.92 Å². The second-order valence-electron chi connectivity index (χ2n) is 9.57. The Bertz CT molecular complexity index is 883. The summed E-state index contributed by atoms with van der Waals surface area (Å²) in [6, 6.07) is 4.61. The van der Waals surface area contributed by atoms with Crippen LogP contribution in [0.25, 0.3) is 0 Å². The van der Waals surface area contributed by atoms with Crippen LogP contribution >= 0.6 is 0 Å². The number of ether oxygens (including phenoxy) is 1. The van der Waals surface area contributed by atoms with Crippen molar-refractivity contribution in [2.75, 3.05) is 44.2 Å². The predicted molar refractivity (Wildman–Crippen MR) is 124 cm³/mol. The molecule has 2 unspecified atom stereocenters. The Morgan fingerprint density at radius 3 is 2.21 bits per heavy atom. The number of hydrogen-bond donors (Lipinski definition) is 0. The first kappa shape index (κ1) is 23.5. The van der Waals surface area contributed by atoms with Gasteiger partial charge in [0.25, 0.3) is 11.6 Å². The second kappa shape index (κ2) is 10.1. The monoisotopic (exact) mass is 458 g/mol. The Morgan fingerprint density at radius 2 is 1.61 bits per heavy atom. The van der Waals surface area contributed by atoms with Crippen LogP contribution in [0.4, 0.5) is 11.4 Å². The third kappa shape index (κ3) is 5.29. The topological polar surface area (TPSA) is 96.2 Å². The lowest BCUT2D eigenvalue weighted by Crippen LogP contribution is -2.51. The molecule has 0 spiro atoms. The molecular weight excluding hydrogens is 424 g/mol. The van der Waals surface area contributed by atoms with Crippen LogP contribution in [0.1, 0.15) is 56.3 Å². The molecule has 180 valence electrons. The maximum Gasteiger partial charge on any atom is 0.270 e. The number of amides is 2.